The average molecular weight is 590 g/mol. The van der Waals surface area contributed by atoms with E-state index in [0.717, 1.165) is 5.56 Å². The first-order valence-corrected chi connectivity index (χ1v) is 14.8. The topological polar surface area (TPSA) is 79.8 Å². The molecule has 0 N–H and O–H groups in total. The SMILES string of the molecule is COc1ccc(C(=O)C2CCN(C(=O)c3ccc(C(=O)CC4CCN(Cc5ccc(F)c(C)c5)C[C@H]4F)cn3)CC2)cc1. The zero-order valence-electron chi connectivity index (χ0n) is 24.6. The number of rotatable bonds is 9. The summed E-state index contributed by atoms with van der Waals surface area (Å²) in [4.78, 5) is 46.9. The number of pyridine rings is 1. The molecule has 2 aliphatic rings. The number of aryl methyl sites for hydroxylation is 1. The normalized spacial score (nSPS) is 19.7. The standard InChI is InChI=1S/C34H37F2N3O4/c1-22-17-23(3-9-29(22)35)20-38-14-11-26(30(36)21-38)18-32(40)27-6-10-31(37-19-27)34(42)39-15-12-25(13-16-39)33(41)24-4-7-28(43-2)8-5-24/h3-10,17,19,25-26,30H,11-16,18,20-21H2,1-2H3/t26?,30-/m1/s1. The summed E-state index contributed by atoms with van der Waals surface area (Å²) in [5, 5.41) is 0. The van der Waals surface area contributed by atoms with Crippen molar-refractivity contribution in [2.75, 3.05) is 33.3 Å². The number of methoxy groups -OCH3 is 1. The van der Waals surface area contributed by atoms with Crippen LogP contribution in [0.15, 0.2) is 60.8 Å². The lowest BCUT2D eigenvalue weighted by molar-refractivity contribution is 0.0644. The second kappa shape index (κ2) is 13.5. The number of carbonyl (C=O) groups is 3. The third-order valence-corrected chi connectivity index (χ3v) is 8.67. The van der Waals surface area contributed by atoms with Crippen LogP contribution in [0.3, 0.4) is 0 Å². The van der Waals surface area contributed by atoms with E-state index in [1.54, 1.807) is 67.5 Å². The molecule has 3 heterocycles. The van der Waals surface area contributed by atoms with Crippen LogP contribution < -0.4 is 4.74 Å². The number of hydrogen-bond acceptors (Lipinski definition) is 6. The first kappa shape index (κ1) is 30.5. The molecule has 2 atom stereocenters. The van der Waals surface area contributed by atoms with E-state index in [4.69, 9.17) is 4.74 Å². The van der Waals surface area contributed by atoms with Crippen molar-refractivity contribution in [1.29, 1.82) is 0 Å². The molecule has 7 nitrogen and oxygen atoms in total. The van der Waals surface area contributed by atoms with Gasteiger partial charge in [-0.05, 0) is 92.2 Å². The molecule has 226 valence electrons. The molecule has 3 aromatic rings. The minimum absolute atomic E-state index is 0.0693. The number of ketones is 2. The molecule has 2 saturated heterocycles. The predicted octanol–water partition coefficient (Wildman–Crippen LogP) is 5.71. The Kier molecular flexibility index (Phi) is 9.60. The second-order valence-electron chi connectivity index (χ2n) is 11.6. The molecule has 0 aliphatic carbocycles. The Morgan fingerprint density at radius 2 is 1.67 bits per heavy atom. The van der Waals surface area contributed by atoms with E-state index in [9.17, 15) is 18.8 Å². The Morgan fingerprint density at radius 3 is 2.30 bits per heavy atom. The van der Waals surface area contributed by atoms with E-state index >= 15 is 4.39 Å². The van der Waals surface area contributed by atoms with E-state index < -0.39 is 6.17 Å². The van der Waals surface area contributed by atoms with Gasteiger partial charge in [0.05, 0.1) is 7.11 Å². The smallest absolute Gasteiger partial charge is 0.272 e. The van der Waals surface area contributed by atoms with Gasteiger partial charge in [0.2, 0.25) is 0 Å². The number of amides is 1. The van der Waals surface area contributed by atoms with Gasteiger partial charge in [0, 0.05) is 55.8 Å². The molecule has 9 heteroatoms. The number of likely N-dealkylation sites (tertiary alicyclic amines) is 2. The molecule has 43 heavy (non-hydrogen) atoms. The van der Waals surface area contributed by atoms with E-state index in [1.165, 1.54) is 12.3 Å². The molecule has 2 aromatic carbocycles. The van der Waals surface area contributed by atoms with Crippen LogP contribution in [0, 0.1) is 24.6 Å². The molecule has 0 spiro atoms. The quantitative estimate of drug-likeness (QED) is 0.298. The number of carbonyl (C=O) groups excluding carboxylic acids is 3. The number of halogens is 2. The summed E-state index contributed by atoms with van der Waals surface area (Å²) in [6.45, 7) is 4.03. The molecule has 1 aromatic heterocycles. The van der Waals surface area contributed by atoms with Crippen LogP contribution in [0.1, 0.15) is 68.0 Å². The van der Waals surface area contributed by atoms with Crippen LogP contribution in [0.4, 0.5) is 8.78 Å². The minimum Gasteiger partial charge on any atom is -0.497 e. The highest BCUT2D eigenvalue weighted by Gasteiger charge is 2.32. The molecule has 5 rings (SSSR count). The molecule has 1 unspecified atom stereocenters. The van der Waals surface area contributed by atoms with Crippen molar-refractivity contribution >= 4 is 17.5 Å². The Morgan fingerprint density at radius 1 is 0.953 bits per heavy atom. The van der Waals surface area contributed by atoms with Gasteiger partial charge in [-0.25, -0.2) is 8.78 Å². The van der Waals surface area contributed by atoms with Crippen LogP contribution in [-0.2, 0) is 6.54 Å². The molecule has 0 radical (unpaired) electrons. The number of aromatic nitrogens is 1. The third-order valence-electron chi connectivity index (χ3n) is 8.67. The Bertz CT molecular complexity index is 1450. The fourth-order valence-electron chi connectivity index (χ4n) is 5.99. The summed E-state index contributed by atoms with van der Waals surface area (Å²) < 4.78 is 33.8. The highest BCUT2D eigenvalue weighted by molar-refractivity contribution is 5.99. The molecule has 1 amide bonds. The van der Waals surface area contributed by atoms with E-state index in [2.05, 4.69) is 4.98 Å². The largest absolute Gasteiger partial charge is 0.497 e. The highest BCUT2D eigenvalue weighted by Crippen LogP contribution is 2.27. The van der Waals surface area contributed by atoms with Gasteiger partial charge >= 0.3 is 0 Å². The van der Waals surface area contributed by atoms with Crippen molar-refractivity contribution in [1.82, 2.24) is 14.8 Å². The lowest BCUT2D eigenvalue weighted by Gasteiger charge is -2.34. The van der Waals surface area contributed by atoms with Gasteiger partial charge in [-0.2, -0.15) is 0 Å². The number of hydrogen-bond donors (Lipinski definition) is 0. The minimum atomic E-state index is -1.15. The maximum Gasteiger partial charge on any atom is 0.272 e. The van der Waals surface area contributed by atoms with Crippen molar-refractivity contribution in [3.05, 3.63) is 94.6 Å². The number of ether oxygens (including phenoxy) is 1. The van der Waals surface area contributed by atoms with Crippen molar-refractivity contribution in [2.45, 2.75) is 45.3 Å². The third kappa shape index (κ3) is 7.33. The monoisotopic (exact) mass is 589 g/mol. The first-order valence-electron chi connectivity index (χ1n) is 14.8. The van der Waals surface area contributed by atoms with Crippen LogP contribution in [0.2, 0.25) is 0 Å². The summed E-state index contributed by atoms with van der Waals surface area (Å²) in [5.74, 6) is -0.457. The van der Waals surface area contributed by atoms with E-state index in [0.29, 0.717) is 67.9 Å². The molecular formula is C34H37F2N3O4. The lowest BCUT2D eigenvalue weighted by Crippen LogP contribution is -2.42. The molecule has 0 saturated carbocycles. The van der Waals surface area contributed by atoms with Gasteiger partial charge in [0.15, 0.2) is 11.6 Å². The first-order chi connectivity index (χ1) is 20.7. The molecule has 2 fully saturated rings. The van der Waals surface area contributed by atoms with Gasteiger partial charge < -0.3 is 9.64 Å². The van der Waals surface area contributed by atoms with Crippen molar-refractivity contribution in [2.24, 2.45) is 11.8 Å². The van der Waals surface area contributed by atoms with Gasteiger partial charge in [-0.15, -0.1) is 0 Å². The highest BCUT2D eigenvalue weighted by atomic mass is 19.1. The van der Waals surface area contributed by atoms with Gasteiger partial charge in [-0.3, -0.25) is 24.3 Å². The number of alkyl halides is 1. The van der Waals surface area contributed by atoms with Gasteiger partial charge in [0.25, 0.3) is 5.91 Å². The van der Waals surface area contributed by atoms with E-state index in [1.807, 2.05) is 4.90 Å². The lowest BCUT2D eigenvalue weighted by atomic mass is 9.88. The van der Waals surface area contributed by atoms with Crippen molar-refractivity contribution in [3.8, 4) is 5.75 Å². The van der Waals surface area contributed by atoms with Crippen molar-refractivity contribution < 1.29 is 27.9 Å². The second-order valence-corrected chi connectivity index (χ2v) is 11.6. The molecule has 0 bridgehead atoms. The maximum absolute atomic E-state index is 15.1. The summed E-state index contributed by atoms with van der Waals surface area (Å²) in [6.07, 6.45) is 2.02. The van der Waals surface area contributed by atoms with Crippen LogP contribution in [0.5, 0.6) is 5.75 Å². The summed E-state index contributed by atoms with van der Waals surface area (Å²) >= 11 is 0. The summed E-state index contributed by atoms with van der Waals surface area (Å²) in [6, 6.07) is 15.1. The molecular weight excluding hydrogens is 552 g/mol. The number of piperidine rings is 2. The maximum atomic E-state index is 15.1. The number of Topliss-reactive ketones (excluding diaryl/α,β-unsaturated/α-hetero) is 2. The van der Waals surface area contributed by atoms with Gasteiger partial charge in [0.1, 0.15) is 23.4 Å². The predicted molar refractivity (Wildman–Crippen MR) is 159 cm³/mol. The number of nitrogens with zero attached hydrogens (tertiary/aromatic N) is 3. The fourth-order valence-corrected chi connectivity index (χ4v) is 5.99. The fraction of sp³-hybridized carbons (Fsp3) is 0.412. The zero-order valence-corrected chi connectivity index (χ0v) is 24.6. The number of benzene rings is 2. The average Bonchev–Trinajstić information content (AvgIpc) is 3.03. The van der Waals surface area contributed by atoms with Crippen LogP contribution >= 0.6 is 0 Å². The summed E-state index contributed by atoms with van der Waals surface area (Å²) in [5.41, 5.74) is 2.74. The Labute approximate surface area is 250 Å². The molecule has 2 aliphatic heterocycles. The Hall–Kier alpha value is -3.98. The van der Waals surface area contributed by atoms with E-state index in [-0.39, 0.29) is 53.8 Å². The van der Waals surface area contributed by atoms with Gasteiger partial charge in [-0.1, -0.05) is 12.1 Å². The van der Waals surface area contributed by atoms with Crippen LogP contribution in [0.25, 0.3) is 0 Å². The Balaban J connectivity index is 1.09. The van der Waals surface area contributed by atoms with Crippen molar-refractivity contribution in [3.63, 3.8) is 0 Å². The summed E-state index contributed by atoms with van der Waals surface area (Å²) in [7, 11) is 1.58. The zero-order chi connectivity index (χ0) is 30.5. The van der Waals surface area contributed by atoms with Crippen LogP contribution in [-0.4, -0.2) is 71.7 Å².